The van der Waals surface area contributed by atoms with Crippen LogP contribution in [0.4, 0.5) is 4.39 Å². The number of carbonyl (C=O) groups is 1. The molecule has 2 N–H and O–H groups in total. The minimum Gasteiger partial charge on any atom is -0.391 e. The first-order chi connectivity index (χ1) is 9.65. The van der Waals surface area contributed by atoms with Crippen molar-refractivity contribution in [2.75, 3.05) is 0 Å². The molecule has 0 aromatic heterocycles. The molecule has 4 heteroatoms. The van der Waals surface area contributed by atoms with Crippen LogP contribution in [0.3, 0.4) is 0 Å². The first kappa shape index (κ1) is 14.7. The molecule has 1 aliphatic carbocycles. The van der Waals surface area contributed by atoms with Crippen molar-refractivity contribution < 1.29 is 14.3 Å². The fourth-order valence-corrected chi connectivity index (χ4v) is 2.43. The monoisotopic (exact) mass is 277 g/mol. The molecule has 1 aromatic rings. The summed E-state index contributed by atoms with van der Waals surface area (Å²) in [6.07, 6.45) is 7.31. The molecule has 1 fully saturated rings. The van der Waals surface area contributed by atoms with E-state index in [0.717, 1.165) is 37.7 Å². The van der Waals surface area contributed by atoms with Gasteiger partial charge in [-0.3, -0.25) is 4.79 Å². The molecule has 0 saturated heterocycles. The molecule has 108 valence electrons. The van der Waals surface area contributed by atoms with Gasteiger partial charge in [0.15, 0.2) is 0 Å². The van der Waals surface area contributed by atoms with E-state index in [1.165, 1.54) is 18.2 Å². The Bertz CT molecular complexity index is 470. The third-order valence-electron chi connectivity index (χ3n) is 3.60. The van der Waals surface area contributed by atoms with Crippen molar-refractivity contribution >= 4 is 12.0 Å². The highest BCUT2D eigenvalue weighted by Gasteiger charge is 2.22. The lowest BCUT2D eigenvalue weighted by atomic mass is 10.1. The average molecular weight is 277 g/mol. The number of nitrogens with one attached hydrogen (secondary N) is 1. The molecule has 0 aliphatic heterocycles. The van der Waals surface area contributed by atoms with Crippen LogP contribution in [-0.2, 0) is 4.79 Å². The number of carbonyl (C=O) groups excluding carboxylic acids is 1. The number of amides is 1. The fraction of sp³-hybridized carbons (Fsp3) is 0.438. The zero-order valence-electron chi connectivity index (χ0n) is 11.4. The predicted octanol–water partition coefficient (Wildman–Crippen LogP) is 2.65. The molecule has 0 radical (unpaired) electrons. The molecule has 1 saturated carbocycles. The van der Waals surface area contributed by atoms with Gasteiger partial charge in [0, 0.05) is 6.08 Å². The molecular formula is C16H20FNO2. The summed E-state index contributed by atoms with van der Waals surface area (Å²) in [7, 11) is 0. The summed E-state index contributed by atoms with van der Waals surface area (Å²) in [5, 5.41) is 12.8. The number of hydrogen-bond acceptors (Lipinski definition) is 2. The van der Waals surface area contributed by atoms with Crippen molar-refractivity contribution in [1.29, 1.82) is 0 Å². The number of aliphatic hydroxyl groups excluding tert-OH is 1. The van der Waals surface area contributed by atoms with Crippen LogP contribution in [0.5, 0.6) is 0 Å². The molecule has 2 unspecified atom stereocenters. The van der Waals surface area contributed by atoms with Crippen LogP contribution in [-0.4, -0.2) is 23.2 Å². The summed E-state index contributed by atoms with van der Waals surface area (Å²) >= 11 is 0. The van der Waals surface area contributed by atoms with Gasteiger partial charge in [0.2, 0.25) is 5.91 Å². The maximum Gasteiger partial charge on any atom is 0.244 e. The van der Waals surface area contributed by atoms with Gasteiger partial charge in [0.1, 0.15) is 5.82 Å². The Morgan fingerprint density at radius 3 is 2.65 bits per heavy atom. The van der Waals surface area contributed by atoms with Crippen LogP contribution < -0.4 is 5.32 Å². The zero-order chi connectivity index (χ0) is 14.4. The van der Waals surface area contributed by atoms with Crippen LogP contribution >= 0.6 is 0 Å². The van der Waals surface area contributed by atoms with Gasteiger partial charge >= 0.3 is 0 Å². The lowest BCUT2D eigenvalue weighted by molar-refractivity contribution is -0.118. The van der Waals surface area contributed by atoms with E-state index in [1.54, 1.807) is 18.2 Å². The van der Waals surface area contributed by atoms with Crippen LogP contribution in [0.2, 0.25) is 0 Å². The highest BCUT2D eigenvalue weighted by atomic mass is 19.1. The van der Waals surface area contributed by atoms with E-state index < -0.39 is 6.10 Å². The Kier molecular flexibility index (Phi) is 5.30. The van der Waals surface area contributed by atoms with Crippen molar-refractivity contribution in [3.63, 3.8) is 0 Å². The summed E-state index contributed by atoms with van der Waals surface area (Å²) in [5.41, 5.74) is 0.767. The van der Waals surface area contributed by atoms with Crippen LogP contribution in [0, 0.1) is 5.82 Å². The Hall–Kier alpha value is -1.68. The minimum atomic E-state index is -0.458. The quantitative estimate of drug-likeness (QED) is 0.659. The van der Waals surface area contributed by atoms with Gasteiger partial charge in [-0.15, -0.1) is 0 Å². The second-order valence-electron chi connectivity index (χ2n) is 5.21. The maximum atomic E-state index is 12.7. The van der Waals surface area contributed by atoms with Crippen LogP contribution in [0.1, 0.15) is 37.7 Å². The molecule has 1 aromatic carbocycles. The molecule has 1 amide bonds. The van der Waals surface area contributed by atoms with E-state index in [0.29, 0.717) is 0 Å². The summed E-state index contributed by atoms with van der Waals surface area (Å²) in [4.78, 5) is 11.8. The molecule has 0 spiro atoms. The fourth-order valence-electron chi connectivity index (χ4n) is 2.43. The number of rotatable bonds is 3. The van der Waals surface area contributed by atoms with Crippen molar-refractivity contribution in [3.05, 3.63) is 41.7 Å². The van der Waals surface area contributed by atoms with Gasteiger partial charge in [0.05, 0.1) is 12.1 Å². The molecule has 20 heavy (non-hydrogen) atoms. The van der Waals surface area contributed by atoms with E-state index >= 15 is 0 Å². The van der Waals surface area contributed by atoms with Crippen molar-refractivity contribution in [2.45, 2.75) is 44.2 Å². The Labute approximate surface area is 118 Å². The average Bonchev–Trinajstić information content (AvgIpc) is 2.64. The van der Waals surface area contributed by atoms with Gasteiger partial charge in [0.25, 0.3) is 0 Å². The minimum absolute atomic E-state index is 0.164. The van der Waals surface area contributed by atoms with Crippen molar-refractivity contribution in [2.24, 2.45) is 0 Å². The number of halogens is 1. The summed E-state index contributed by atoms with van der Waals surface area (Å²) in [6.45, 7) is 0. The highest BCUT2D eigenvalue weighted by Crippen LogP contribution is 2.18. The lowest BCUT2D eigenvalue weighted by Crippen LogP contribution is -2.41. The molecule has 3 nitrogen and oxygen atoms in total. The zero-order valence-corrected chi connectivity index (χ0v) is 11.4. The van der Waals surface area contributed by atoms with Gasteiger partial charge in [-0.2, -0.15) is 0 Å². The lowest BCUT2D eigenvalue weighted by Gasteiger charge is -2.20. The van der Waals surface area contributed by atoms with E-state index in [-0.39, 0.29) is 17.8 Å². The highest BCUT2D eigenvalue weighted by molar-refractivity contribution is 5.91. The molecule has 0 heterocycles. The number of benzene rings is 1. The molecule has 1 aliphatic rings. The molecular weight excluding hydrogens is 257 g/mol. The smallest absolute Gasteiger partial charge is 0.244 e. The number of hydrogen-bond donors (Lipinski definition) is 2. The van der Waals surface area contributed by atoms with Gasteiger partial charge in [-0.05, 0) is 36.6 Å². The third kappa shape index (κ3) is 4.46. The second kappa shape index (κ2) is 7.20. The third-order valence-corrected chi connectivity index (χ3v) is 3.60. The van der Waals surface area contributed by atoms with Crippen LogP contribution in [0.15, 0.2) is 30.3 Å². The van der Waals surface area contributed by atoms with Gasteiger partial charge in [-0.25, -0.2) is 4.39 Å². The Balaban J connectivity index is 1.89. The molecule has 2 rings (SSSR count). The van der Waals surface area contributed by atoms with E-state index in [9.17, 15) is 14.3 Å². The van der Waals surface area contributed by atoms with E-state index in [4.69, 9.17) is 0 Å². The van der Waals surface area contributed by atoms with Crippen molar-refractivity contribution in [1.82, 2.24) is 5.32 Å². The molecule has 0 bridgehead atoms. The first-order valence-corrected chi connectivity index (χ1v) is 7.07. The second-order valence-corrected chi connectivity index (χ2v) is 5.21. The summed E-state index contributed by atoms with van der Waals surface area (Å²) in [5.74, 6) is -0.520. The topological polar surface area (TPSA) is 49.3 Å². The molecule has 2 atom stereocenters. The van der Waals surface area contributed by atoms with E-state index in [1.807, 2.05) is 0 Å². The van der Waals surface area contributed by atoms with Crippen LogP contribution in [0.25, 0.3) is 6.08 Å². The van der Waals surface area contributed by atoms with E-state index in [2.05, 4.69) is 5.32 Å². The Morgan fingerprint density at radius 2 is 1.90 bits per heavy atom. The summed E-state index contributed by atoms with van der Waals surface area (Å²) in [6, 6.07) is 5.77. The van der Waals surface area contributed by atoms with Gasteiger partial charge in [-0.1, -0.05) is 31.4 Å². The predicted molar refractivity (Wildman–Crippen MR) is 76.5 cm³/mol. The normalized spacial score (nSPS) is 23.5. The Morgan fingerprint density at radius 1 is 1.20 bits per heavy atom. The SMILES string of the molecule is O=C(/C=C/c1ccc(F)cc1)NC1CCCCCC1O. The van der Waals surface area contributed by atoms with Gasteiger partial charge < -0.3 is 10.4 Å². The largest absolute Gasteiger partial charge is 0.391 e. The number of aliphatic hydroxyl groups is 1. The first-order valence-electron chi connectivity index (χ1n) is 7.07. The summed E-state index contributed by atoms with van der Waals surface area (Å²) < 4.78 is 12.7. The van der Waals surface area contributed by atoms with Crippen molar-refractivity contribution in [3.8, 4) is 0 Å². The maximum absolute atomic E-state index is 12.7. The standard InChI is InChI=1S/C16H20FNO2/c17-13-9-6-12(7-10-13)8-11-16(20)18-14-4-2-1-3-5-15(14)19/h6-11,14-15,19H,1-5H2,(H,18,20)/b11-8+.